The van der Waals surface area contributed by atoms with E-state index in [1.807, 2.05) is 13.8 Å². The number of carboxylic acid groups (broad SMARTS) is 1. The Morgan fingerprint density at radius 1 is 1.53 bits per heavy atom. The number of fused-ring (bicyclic) bond motifs is 1. The number of nitrogens with zero attached hydrogens (tertiary/aromatic N) is 1. The molecule has 2 aromatic heterocycles. The molecule has 0 unspecified atom stereocenters. The number of nitrogens with two attached hydrogens (primary N) is 1. The second-order valence-electron chi connectivity index (χ2n) is 4.02. The highest BCUT2D eigenvalue weighted by Gasteiger charge is 2.21. The number of halogens is 1. The Morgan fingerprint density at radius 2 is 2.21 bits per heavy atom. The molecule has 2 heterocycles. The van der Waals surface area contributed by atoms with Crippen LogP contribution in [-0.4, -0.2) is 28.5 Å². The number of hydrogen-bond acceptors (Lipinski definition) is 5. The maximum absolute atomic E-state index is 11.1. The molecule has 2 rings (SSSR count). The Hall–Kier alpha value is -1.53. The minimum Gasteiger partial charge on any atom is -0.490 e. The molecule has 0 aliphatic heterocycles. The van der Waals surface area contributed by atoms with E-state index in [9.17, 15) is 4.79 Å². The highest BCUT2D eigenvalue weighted by molar-refractivity contribution is 7.21. The van der Waals surface area contributed by atoms with E-state index in [-0.39, 0.29) is 10.6 Å². The summed E-state index contributed by atoms with van der Waals surface area (Å²) in [5.41, 5.74) is 7.64. The number of hydrogen-bond donors (Lipinski definition) is 2. The van der Waals surface area contributed by atoms with Crippen LogP contribution in [0.3, 0.4) is 0 Å². The van der Waals surface area contributed by atoms with Crippen molar-refractivity contribution in [2.24, 2.45) is 0 Å². The molecule has 0 fully saturated rings. The van der Waals surface area contributed by atoms with Crippen molar-refractivity contribution in [3.05, 3.63) is 16.1 Å². The minimum absolute atomic E-state index is 0.111. The number of aryl methyl sites for hydroxylation is 2. The van der Waals surface area contributed by atoms with Gasteiger partial charge in [-0.15, -0.1) is 22.9 Å². The van der Waals surface area contributed by atoms with Gasteiger partial charge < -0.3 is 15.6 Å². The number of alkyl halides is 1. The van der Waals surface area contributed by atoms with Gasteiger partial charge in [-0.05, 0) is 13.8 Å². The van der Waals surface area contributed by atoms with Crippen LogP contribution >= 0.6 is 22.9 Å². The fraction of sp³-hybridized carbons (Fsp3) is 0.333. The molecule has 0 spiro atoms. The van der Waals surface area contributed by atoms with E-state index in [1.165, 1.54) is 0 Å². The number of aromatic carboxylic acids is 1. The zero-order valence-corrected chi connectivity index (χ0v) is 12.1. The number of pyridine rings is 1. The first-order valence-electron chi connectivity index (χ1n) is 5.58. The Bertz CT molecular complexity index is 654. The van der Waals surface area contributed by atoms with Crippen LogP contribution in [0.4, 0.5) is 5.69 Å². The summed E-state index contributed by atoms with van der Waals surface area (Å²) in [6.07, 6.45) is 0. The summed E-state index contributed by atoms with van der Waals surface area (Å²) >= 11 is 6.68. The van der Waals surface area contributed by atoms with Crippen LogP contribution in [-0.2, 0) is 0 Å². The zero-order valence-electron chi connectivity index (χ0n) is 10.5. The highest BCUT2D eigenvalue weighted by atomic mass is 35.5. The molecule has 0 bridgehead atoms. The van der Waals surface area contributed by atoms with Crippen LogP contribution in [0.15, 0.2) is 0 Å². The van der Waals surface area contributed by atoms with Crippen LogP contribution in [0.25, 0.3) is 10.2 Å². The van der Waals surface area contributed by atoms with E-state index in [0.29, 0.717) is 34.1 Å². The number of carbonyl (C=O) groups is 1. The molecular weight excluding hydrogens is 288 g/mol. The lowest BCUT2D eigenvalue weighted by molar-refractivity contribution is 0.0703. The number of thiophene rings is 1. The maximum atomic E-state index is 11.1. The first-order valence-corrected chi connectivity index (χ1v) is 6.93. The normalized spacial score (nSPS) is 10.9. The van der Waals surface area contributed by atoms with E-state index < -0.39 is 5.97 Å². The third-order valence-electron chi connectivity index (χ3n) is 2.76. The summed E-state index contributed by atoms with van der Waals surface area (Å²) in [6.45, 7) is 4.02. The standard InChI is InChI=1S/C12H13ClN2O3S/c1-5-7-8(14)10(12(16)17)19-11(7)15-6(2)9(5)18-4-3-13/h3-4,14H2,1-2H3,(H,16,17). The third-order valence-corrected chi connectivity index (χ3v) is 4.00. The predicted molar refractivity (Wildman–Crippen MR) is 76.7 cm³/mol. The van der Waals surface area contributed by atoms with Gasteiger partial charge in [0.1, 0.15) is 22.1 Å². The molecule has 102 valence electrons. The van der Waals surface area contributed by atoms with E-state index >= 15 is 0 Å². The smallest absolute Gasteiger partial charge is 0.348 e. The van der Waals surface area contributed by atoms with Gasteiger partial charge in [0.2, 0.25) is 0 Å². The Kier molecular flexibility index (Phi) is 3.82. The predicted octanol–water partition coefficient (Wildman–Crippen LogP) is 2.81. The van der Waals surface area contributed by atoms with Gasteiger partial charge in [-0.25, -0.2) is 9.78 Å². The van der Waals surface area contributed by atoms with E-state index in [1.54, 1.807) is 0 Å². The van der Waals surface area contributed by atoms with Crippen molar-refractivity contribution in [3.63, 3.8) is 0 Å². The zero-order chi connectivity index (χ0) is 14.2. The van der Waals surface area contributed by atoms with Crippen molar-refractivity contribution < 1.29 is 14.6 Å². The van der Waals surface area contributed by atoms with E-state index in [2.05, 4.69) is 4.98 Å². The lowest BCUT2D eigenvalue weighted by Gasteiger charge is -2.11. The quantitative estimate of drug-likeness (QED) is 0.848. The number of aromatic nitrogens is 1. The number of ether oxygens (including phenoxy) is 1. The van der Waals surface area contributed by atoms with Crippen molar-refractivity contribution in [1.82, 2.24) is 4.98 Å². The summed E-state index contributed by atoms with van der Waals surface area (Å²) in [5, 5.41) is 9.74. The third kappa shape index (κ3) is 2.33. The van der Waals surface area contributed by atoms with Gasteiger partial charge in [0, 0.05) is 10.9 Å². The van der Waals surface area contributed by atoms with Crippen LogP contribution < -0.4 is 10.5 Å². The fourth-order valence-electron chi connectivity index (χ4n) is 1.97. The van der Waals surface area contributed by atoms with Crippen LogP contribution in [0.5, 0.6) is 5.75 Å². The summed E-state index contributed by atoms with van der Waals surface area (Å²) in [5.74, 6) is -0.0495. The molecule has 0 aliphatic rings. The molecule has 0 radical (unpaired) electrons. The summed E-state index contributed by atoms with van der Waals surface area (Å²) in [7, 11) is 0. The average molecular weight is 301 g/mol. The minimum atomic E-state index is -1.04. The number of rotatable bonds is 4. The SMILES string of the molecule is Cc1nc2sc(C(=O)O)c(N)c2c(C)c1OCCCl. The second kappa shape index (κ2) is 5.22. The lowest BCUT2D eigenvalue weighted by Crippen LogP contribution is -2.03. The molecule has 0 atom stereocenters. The summed E-state index contributed by atoms with van der Waals surface area (Å²) in [4.78, 5) is 16.2. The number of anilines is 1. The van der Waals surface area contributed by atoms with Crippen molar-refractivity contribution in [3.8, 4) is 5.75 Å². The van der Waals surface area contributed by atoms with Gasteiger partial charge in [0.05, 0.1) is 17.3 Å². The van der Waals surface area contributed by atoms with Crippen molar-refractivity contribution in [2.45, 2.75) is 13.8 Å². The monoisotopic (exact) mass is 300 g/mol. The molecular formula is C12H13ClN2O3S. The molecule has 0 aliphatic carbocycles. The molecule has 0 aromatic carbocycles. The largest absolute Gasteiger partial charge is 0.490 e. The van der Waals surface area contributed by atoms with Crippen molar-refractivity contribution in [2.75, 3.05) is 18.2 Å². The van der Waals surface area contributed by atoms with Crippen LogP contribution in [0.2, 0.25) is 0 Å². The highest BCUT2D eigenvalue weighted by Crippen LogP contribution is 2.39. The molecule has 0 saturated heterocycles. The molecule has 7 heteroatoms. The molecule has 19 heavy (non-hydrogen) atoms. The van der Waals surface area contributed by atoms with Crippen molar-refractivity contribution in [1.29, 1.82) is 0 Å². The number of carboxylic acids is 1. The van der Waals surface area contributed by atoms with Gasteiger partial charge in [-0.1, -0.05) is 0 Å². The molecule has 2 aromatic rings. The van der Waals surface area contributed by atoms with E-state index in [0.717, 1.165) is 16.9 Å². The van der Waals surface area contributed by atoms with Gasteiger partial charge in [0.15, 0.2) is 0 Å². The first-order chi connectivity index (χ1) is 8.97. The second-order valence-corrected chi connectivity index (χ2v) is 5.40. The van der Waals surface area contributed by atoms with E-state index in [4.69, 9.17) is 27.2 Å². The van der Waals surface area contributed by atoms with Gasteiger partial charge in [0.25, 0.3) is 0 Å². The topological polar surface area (TPSA) is 85.4 Å². The number of nitrogen functional groups attached to an aromatic ring is 1. The van der Waals surface area contributed by atoms with Gasteiger partial charge >= 0.3 is 5.97 Å². The maximum Gasteiger partial charge on any atom is 0.348 e. The van der Waals surface area contributed by atoms with Gasteiger partial charge in [-0.2, -0.15) is 0 Å². The molecule has 0 saturated carbocycles. The molecule has 5 nitrogen and oxygen atoms in total. The van der Waals surface area contributed by atoms with Crippen LogP contribution in [0, 0.1) is 13.8 Å². The first kappa shape index (κ1) is 13.9. The lowest BCUT2D eigenvalue weighted by atomic mass is 10.1. The Labute approximate surface area is 119 Å². The average Bonchev–Trinajstić information content (AvgIpc) is 2.66. The summed E-state index contributed by atoms with van der Waals surface area (Å²) < 4.78 is 5.56. The van der Waals surface area contributed by atoms with Crippen molar-refractivity contribution >= 4 is 44.8 Å². The Balaban J connectivity index is 2.68. The molecule has 0 amide bonds. The Morgan fingerprint density at radius 3 is 2.79 bits per heavy atom. The van der Waals surface area contributed by atoms with Gasteiger partial charge in [-0.3, -0.25) is 0 Å². The summed E-state index contributed by atoms with van der Waals surface area (Å²) in [6, 6.07) is 0. The fourth-order valence-corrected chi connectivity index (χ4v) is 3.09. The molecule has 3 N–H and O–H groups in total. The van der Waals surface area contributed by atoms with Crippen LogP contribution in [0.1, 0.15) is 20.9 Å².